The lowest BCUT2D eigenvalue weighted by molar-refractivity contribution is -0.119. The van der Waals surface area contributed by atoms with Crippen molar-refractivity contribution in [1.29, 1.82) is 5.26 Å². The average molecular weight is 272 g/mol. The van der Waals surface area contributed by atoms with Crippen LogP contribution in [0.1, 0.15) is 36.1 Å². The number of aryl methyl sites for hydroxylation is 2. The summed E-state index contributed by atoms with van der Waals surface area (Å²) >= 11 is 0. The number of primary amides is 1. The van der Waals surface area contributed by atoms with Gasteiger partial charge in [-0.1, -0.05) is 0 Å². The van der Waals surface area contributed by atoms with E-state index in [4.69, 9.17) is 5.73 Å². The van der Waals surface area contributed by atoms with Gasteiger partial charge in [0.15, 0.2) is 0 Å². The number of carbonyl (C=O) groups is 1. The quantitative estimate of drug-likeness (QED) is 0.907. The maximum absolute atomic E-state index is 11.0. The monoisotopic (exact) mass is 272 g/mol. The minimum Gasteiger partial charge on any atom is -0.370 e. The number of pyridine rings is 1. The van der Waals surface area contributed by atoms with Crippen molar-refractivity contribution >= 4 is 11.7 Å². The third kappa shape index (κ3) is 3.08. The highest BCUT2D eigenvalue weighted by molar-refractivity contribution is 5.74. The van der Waals surface area contributed by atoms with Crippen LogP contribution < -0.4 is 10.6 Å². The number of amides is 1. The summed E-state index contributed by atoms with van der Waals surface area (Å²) in [5.41, 5.74) is 7.80. The lowest BCUT2D eigenvalue weighted by atomic mass is 9.93. The topological polar surface area (TPSA) is 83.0 Å². The van der Waals surface area contributed by atoms with Crippen LogP contribution in [-0.4, -0.2) is 24.0 Å². The van der Waals surface area contributed by atoms with E-state index in [0.717, 1.165) is 43.0 Å². The van der Waals surface area contributed by atoms with E-state index in [9.17, 15) is 10.1 Å². The van der Waals surface area contributed by atoms with Gasteiger partial charge in [0.2, 0.25) is 5.91 Å². The molecule has 0 aromatic carbocycles. The van der Waals surface area contributed by atoms with Crippen molar-refractivity contribution in [3.8, 4) is 6.07 Å². The molecule has 2 heterocycles. The first kappa shape index (κ1) is 14.3. The van der Waals surface area contributed by atoms with Gasteiger partial charge in [-0.2, -0.15) is 5.26 Å². The molecule has 2 N–H and O–H groups in total. The lowest BCUT2D eigenvalue weighted by Crippen LogP contribution is -2.36. The molecule has 0 radical (unpaired) electrons. The molecule has 5 nitrogen and oxygen atoms in total. The number of anilines is 1. The summed E-state index contributed by atoms with van der Waals surface area (Å²) in [6, 6.07) is 4.19. The highest BCUT2D eigenvalue weighted by Crippen LogP contribution is 2.27. The van der Waals surface area contributed by atoms with Crippen LogP contribution >= 0.6 is 0 Å². The van der Waals surface area contributed by atoms with Gasteiger partial charge in [0.05, 0.1) is 5.56 Å². The van der Waals surface area contributed by atoms with Crippen molar-refractivity contribution in [3.05, 3.63) is 22.9 Å². The number of aromatic nitrogens is 1. The van der Waals surface area contributed by atoms with Crippen LogP contribution in [0.2, 0.25) is 0 Å². The van der Waals surface area contributed by atoms with Crippen LogP contribution in [0, 0.1) is 31.1 Å². The number of carbonyl (C=O) groups excluding carboxylic acids is 1. The second-order valence-electron chi connectivity index (χ2n) is 5.49. The standard InChI is InChI=1S/C15H20N4O/c1-10-7-11(2)18-15(13(10)9-16)19-5-3-12(4-6-19)8-14(17)20/h7,12H,3-6,8H2,1-2H3,(H2,17,20). The van der Waals surface area contributed by atoms with Crippen molar-refractivity contribution in [2.45, 2.75) is 33.1 Å². The molecule has 1 aromatic rings. The predicted molar refractivity (Wildman–Crippen MR) is 77.2 cm³/mol. The van der Waals surface area contributed by atoms with Crippen LogP contribution in [-0.2, 0) is 4.79 Å². The third-order valence-corrected chi connectivity index (χ3v) is 3.84. The van der Waals surface area contributed by atoms with Gasteiger partial charge in [0.1, 0.15) is 11.9 Å². The molecule has 0 saturated carbocycles. The van der Waals surface area contributed by atoms with Gasteiger partial charge in [-0.25, -0.2) is 4.98 Å². The molecule has 0 unspecified atom stereocenters. The molecular weight excluding hydrogens is 252 g/mol. The summed E-state index contributed by atoms with van der Waals surface area (Å²) in [5.74, 6) is 0.911. The second-order valence-corrected chi connectivity index (χ2v) is 5.49. The molecule has 0 atom stereocenters. The van der Waals surface area contributed by atoms with Crippen LogP contribution in [0.3, 0.4) is 0 Å². The molecule has 0 bridgehead atoms. The maximum atomic E-state index is 11.0. The number of nitrogens with two attached hydrogens (primary N) is 1. The minimum atomic E-state index is -0.231. The lowest BCUT2D eigenvalue weighted by Gasteiger charge is -2.33. The van der Waals surface area contributed by atoms with Gasteiger partial charge < -0.3 is 10.6 Å². The summed E-state index contributed by atoms with van der Waals surface area (Å²) in [4.78, 5) is 17.6. The van der Waals surface area contributed by atoms with E-state index in [-0.39, 0.29) is 5.91 Å². The fourth-order valence-corrected chi connectivity index (χ4v) is 2.82. The van der Waals surface area contributed by atoms with E-state index in [1.165, 1.54) is 0 Å². The van der Waals surface area contributed by atoms with Gasteiger partial charge in [0.25, 0.3) is 0 Å². The highest BCUT2D eigenvalue weighted by atomic mass is 16.1. The number of hydrogen-bond acceptors (Lipinski definition) is 4. The van der Waals surface area contributed by atoms with E-state index in [1.54, 1.807) is 0 Å². The molecule has 1 aromatic heterocycles. The van der Waals surface area contributed by atoms with Crippen molar-refractivity contribution < 1.29 is 4.79 Å². The number of nitrogens with zero attached hydrogens (tertiary/aromatic N) is 3. The zero-order valence-electron chi connectivity index (χ0n) is 12.0. The fourth-order valence-electron chi connectivity index (χ4n) is 2.82. The van der Waals surface area contributed by atoms with Crippen LogP contribution in [0.25, 0.3) is 0 Å². The Hall–Kier alpha value is -2.09. The summed E-state index contributed by atoms with van der Waals surface area (Å²) in [7, 11) is 0. The predicted octanol–water partition coefficient (Wildman–Crippen LogP) is 1.66. The Labute approximate surface area is 119 Å². The van der Waals surface area contributed by atoms with Crippen molar-refractivity contribution in [3.63, 3.8) is 0 Å². The number of piperidine rings is 1. The Morgan fingerprint density at radius 2 is 2.15 bits per heavy atom. The second kappa shape index (κ2) is 5.91. The molecule has 1 fully saturated rings. The van der Waals surface area contributed by atoms with Crippen molar-refractivity contribution in [2.75, 3.05) is 18.0 Å². The number of rotatable bonds is 3. The third-order valence-electron chi connectivity index (χ3n) is 3.84. The van der Waals surface area contributed by atoms with E-state index >= 15 is 0 Å². The fraction of sp³-hybridized carbons (Fsp3) is 0.533. The van der Waals surface area contributed by atoms with E-state index < -0.39 is 0 Å². The molecule has 1 amide bonds. The van der Waals surface area contributed by atoms with Crippen molar-refractivity contribution in [1.82, 2.24) is 4.98 Å². The Balaban J connectivity index is 2.15. The molecule has 1 saturated heterocycles. The van der Waals surface area contributed by atoms with Gasteiger partial charge >= 0.3 is 0 Å². The number of hydrogen-bond donors (Lipinski definition) is 1. The Morgan fingerprint density at radius 3 is 2.70 bits per heavy atom. The molecular formula is C15H20N4O. The minimum absolute atomic E-state index is 0.231. The summed E-state index contributed by atoms with van der Waals surface area (Å²) < 4.78 is 0. The first-order valence-electron chi connectivity index (χ1n) is 6.93. The largest absolute Gasteiger partial charge is 0.370 e. The van der Waals surface area contributed by atoms with Gasteiger partial charge in [-0.15, -0.1) is 0 Å². The molecule has 0 spiro atoms. The van der Waals surface area contributed by atoms with Crippen LogP contribution in [0.15, 0.2) is 6.07 Å². The molecule has 20 heavy (non-hydrogen) atoms. The molecule has 106 valence electrons. The first-order chi connectivity index (χ1) is 9.51. The van der Waals surface area contributed by atoms with Crippen LogP contribution in [0.5, 0.6) is 0 Å². The smallest absolute Gasteiger partial charge is 0.217 e. The maximum Gasteiger partial charge on any atom is 0.217 e. The van der Waals surface area contributed by atoms with E-state index in [0.29, 0.717) is 17.9 Å². The number of nitriles is 1. The van der Waals surface area contributed by atoms with Crippen molar-refractivity contribution in [2.24, 2.45) is 11.7 Å². The zero-order chi connectivity index (χ0) is 14.7. The Bertz CT molecular complexity index is 554. The van der Waals surface area contributed by atoms with Gasteiger partial charge in [-0.05, 0) is 44.2 Å². The summed E-state index contributed by atoms with van der Waals surface area (Å²) in [6.45, 7) is 5.53. The normalized spacial score (nSPS) is 15.9. The van der Waals surface area contributed by atoms with E-state index in [2.05, 4.69) is 16.0 Å². The summed E-state index contributed by atoms with van der Waals surface area (Å²) in [5, 5.41) is 9.31. The molecule has 1 aliphatic rings. The Morgan fingerprint density at radius 1 is 1.50 bits per heavy atom. The van der Waals surface area contributed by atoms with E-state index in [1.807, 2.05) is 19.9 Å². The molecule has 0 aliphatic carbocycles. The van der Waals surface area contributed by atoms with Crippen LogP contribution in [0.4, 0.5) is 5.82 Å². The van der Waals surface area contributed by atoms with Gasteiger partial charge in [0, 0.05) is 25.2 Å². The molecule has 5 heteroatoms. The van der Waals surface area contributed by atoms with Gasteiger partial charge in [-0.3, -0.25) is 4.79 Å². The summed E-state index contributed by atoms with van der Waals surface area (Å²) in [6.07, 6.45) is 2.30. The molecule has 2 rings (SSSR count). The zero-order valence-corrected chi connectivity index (χ0v) is 12.0. The average Bonchev–Trinajstić information content (AvgIpc) is 2.38. The Kier molecular flexibility index (Phi) is 4.23. The highest BCUT2D eigenvalue weighted by Gasteiger charge is 2.23. The molecule has 1 aliphatic heterocycles. The first-order valence-corrected chi connectivity index (χ1v) is 6.93. The SMILES string of the molecule is Cc1cc(C)c(C#N)c(N2CCC(CC(N)=O)CC2)n1.